The van der Waals surface area contributed by atoms with E-state index in [2.05, 4.69) is 0 Å². The van der Waals surface area contributed by atoms with Crippen molar-refractivity contribution < 1.29 is 27.6 Å². The predicted molar refractivity (Wildman–Crippen MR) is 57.7 cm³/mol. The van der Waals surface area contributed by atoms with Gasteiger partial charge in [-0.3, -0.25) is 14.9 Å². The van der Waals surface area contributed by atoms with Gasteiger partial charge >= 0.3 is 6.18 Å². The first-order valence-electron chi connectivity index (χ1n) is 4.98. The largest absolute Gasteiger partial charge is 0.484 e. The van der Waals surface area contributed by atoms with Gasteiger partial charge in [-0.1, -0.05) is 0 Å². The van der Waals surface area contributed by atoms with Crippen LogP contribution in [0.4, 0.5) is 18.9 Å². The molecule has 1 amide bonds. The Bertz CT molecular complexity index is 459. The topological polar surface area (TPSA) is 81.5 Å². The van der Waals surface area contributed by atoms with Crippen LogP contribution in [0.15, 0.2) is 24.3 Å². The van der Waals surface area contributed by atoms with E-state index in [1.54, 1.807) is 5.32 Å². The molecule has 0 bridgehead atoms. The van der Waals surface area contributed by atoms with Gasteiger partial charge in [-0.05, 0) is 12.1 Å². The van der Waals surface area contributed by atoms with E-state index in [-0.39, 0.29) is 11.4 Å². The van der Waals surface area contributed by atoms with E-state index in [1.165, 1.54) is 12.1 Å². The number of hydrogen-bond acceptors (Lipinski definition) is 4. The summed E-state index contributed by atoms with van der Waals surface area (Å²) in [6.07, 6.45) is -4.48. The Kier molecular flexibility index (Phi) is 4.67. The molecule has 0 aromatic heterocycles. The lowest BCUT2D eigenvalue weighted by Gasteiger charge is -2.09. The van der Waals surface area contributed by atoms with Crippen LogP contribution >= 0.6 is 0 Å². The van der Waals surface area contributed by atoms with E-state index in [9.17, 15) is 28.1 Å². The molecule has 0 aliphatic carbocycles. The average Bonchev–Trinajstić information content (AvgIpc) is 2.33. The van der Waals surface area contributed by atoms with Crippen molar-refractivity contribution in [2.24, 2.45) is 0 Å². The third-order valence-electron chi connectivity index (χ3n) is 1.90. The highest BCUT2D eigenvalue weighted by molar-refractivity contribution is 5.77. The SMILES string of the molecule is O=C(COc1ccc([N+](=O)[O-])cc1)NCC(F)(F)F. The molecule has 0 radical (unpaired) electrons. The Morgan fingerprint density at radius 1 is 1.32 bits per heavy atom. The zero-order chi connectivity index (χ0) is 14.5. The maximum absolute atomic E-state index is 11.8. The maximum Gasteiger partial charge on any atom is 0.405 e. The van der Waals surface area contributed by atoms with Crippen LogP contribution in [0.1, 0.15) is 0 Å². The molecular formula is C10H9F3N2O4. The highest BCUT2D eigenvalue weighted by Gasteiger charge is 2.27. The lowest BCUT2D eigenvalue weighted by atomic mass is 10.3. The van der Waals surface area contributed by atoms with Crippen LogP contribution in [-0.2, 0) is 4.79 Å². The third kappa shape index (κ3) is 5.70. The molecule has 0 fully saturated rings. The molecule has 6 nitrogen and oxygen atoms in total. The van der Waals surface area contributed by atoms with Gasteiger partial charge in [-0.2, -0.15) is 13.2 Å². The molecule has 9 heteroatoms. The first-order valence-corrected chi connectivity index (χ1v) is 4.98. The number of non-ortho nitro benzene ring substituents is 1. The lowest BCUT2D eigenvalue weighted by molar-refractivity contribution is -0.384. The van der Waals surface area contributed by atoms with Crippen molar-refractivity contribution >= 4 is 11.6 Å². The smallest absolute Gasteiger partial charge is 0.405 e. The summed E-state index contributed by atoms with van der Waals surface area (Å²) in [7, 11) is 0. The van der Waals surface area contributed by atoms with Gasteiger partial charge in [-0.15, -0.1) is 0 Å². The van der Waals surface area contributed by atoms with E-state index in [1.807, 2.05) is 0 Å². The fourth-order valence-corrected chi connectivity index (χ4v) is 1.06. The number of carbonyl (C=O) groups is 1. The monoisotopic (exact) mass is 278 g/mol. The molecule has 19 heavy (non-hydrogen) atoms. The van der Waals surface area contributed by atoms with Gasteiger partial charge in [0, 0.05) is 12.1 Å². The van der Waals surface area contributed by atoms with E-state index >= 15 is 0 Å². The number of benzene rings is 1. The van der Waals surface area contributed by atoms with Crippen molar-refractivity contribution in [1.29, 1.82) is 0 Å². The minimum atomic E-state index is -4.48. The number of amides is 1. The summed E-state index contributed by atoms with van der Waals surface area (Å²) in [6, 6.07) is 4.80. The van der Waals surface area contributed by atoms with Gasteiger partial charge in [0.1, 0.15) is 12.3 Å². The Balaban J connectivity index is 2.40. The van der Waals surface area contributed by atoms with Gasteiger partial charge < -0.3 is 10.1 Å². The highest BCUT2D eigenvalue weighted by Crippen LogP contribution is 2.17. The molecule has 0 atom stereocenters. The summed E-state index contributed by atoms with van der Waals surface area (Å²) in [5.41, 5.74) is -0.158. The summed E-state index contributed by atoms with van der Waals surface area (Å²) < 4.78 is 40.2. The fraction of sp³-hybridized carbons (Fsp3) is 0.300. The number of ether oxygens (including phenoxy) is 1. The number of nitrogens with one attached hydrogen (secondary N) is 1. The minimum Gasteiger partial charge on any atom is -0.484 e. The number of nitrogens with zero attached hydrogens (tertiary/aromatic N) is 1. The van der Waals surface area contributed by atoms with E-state index in [0.717, 1.165) is 12.1 Å². The summed E-state index contributed by atoms with van der Waals surface area (Å²) in [5, 5.41) is 12.0. The zero-order valence-corrected chi connectivity index (χ0v) is 9.44. The average molecular weight is 278 g/mol. The standard InChI is InChI=1S/C10H9F3N2O4/c11-10(12,13)6-14-9(16)5-19-8-3-1-7(2-4-8)15(17)18/h1-4H,5-6H2,(H,14,16). The van der Waals surface area contributed by atoms with Crippen molar-refractivity contribution in [3.05, 3.63) is 34.4 Å². The minimum absolute atomic E-state index is 0.146. The second-order valence-electron chi connectivity index (χ2n) is 3.43. The van der Waals surface area contributed by atoms with Crippen LogP contribution < -0.4 is 10.1 Å². The van der Waals surface area contributed by atoms with Gasteiger partial charge in [-0.25, -0.2) is 0 Å². The molecule has 1 rings (SSSR count). The highest BCUT2D eigenvalue weighted by atomic mass is 19.4. The quantitative estimate of drug-likeness (QED) is 0.656. The number of alkyl halides is 3. The molecule has 0 aliphatic rings. The Hall–Kier alpha value is -2.32. The molecule has 1 aromatic rings. The van der Waals surface area contributed by atoms with Crippen molar-refractivity contribution in [3.8, 4) is 5.75 Å². The number of nitro benzene ring substituents is 1. The first-order chi connectivity index (χ1) is 8.78. The molecular weight excluding hydrogens is 269 g/mol. The van der Waals surface area contributed by atoms with Crippen LogP contribution in [0.25, 0.3) is 0 Å². The van der Waals surface area contributed by atoms with Crippen LogP contribution in [0.5, 0.6) is 5.75 Å². The van der Waals surface area contributed by atoms with Crippen molar-refractivity contribution in [1.82, 2.24) is 5.32 Å². The van der Waals surface area contributed by atoms with E-state index < -0.39 is 30.2 Å². The molecule has 0 spiro atoms. The summed E-state index contributed by atoms with van der Waals surface area (Å²) in [5.74, 6) is -0.788. The van der Waals surface area contributed by atoms with E-state index in [4.69, 9.17) is 4.74 Å². The Morgan fingerprint density at radius 2 is 1.89 bits per heavy atom. The van der Waals surface area contributed by atoms with Gasteiger partial charge in [0.2, 0.25) is 0 Å². The van der Waals surface area contributed by atoms with E-state index in [0.29, 0.717) is 0 Å². The number of nitro groups is 1. The van der Waals surface area contributed by atoms with Crippen molar-refractivity contribution in [2.45, 2.75) is 6.18 Å². The summed E-state index contributed by atoms with van der Waals surface area (Å²) in [4.78, 5) is 20.7. The van der Waals surface area contributed by atoms with Crippen molar-refractivity contribution in [2.75, 3.05) is 13.2 Å². The van der Waals surface area contributed by atoms with Gasteiger partial charge in [0.25, 0.3) is 11.6 Å². The number of halogens is 3. The van der Waals surface area contributed by atoms with Crippen molar-refractivity contribution in [3.63, 3.8) is 0 Å². The number of rotatable bonds is 5. The molecule has 0 heterocycles. The Labute approximate surface area is 105 Å². The molecule has 1 aromatic carbocycles. The summed E-state index contributed by atoms with van der Waals surface area (Å²) in [6.45, 7) is -2.04. The normalized spacial score (nSPS) is 10.9. The predicted octanol–water partition coefficient (Wildman–Crippen LogP) is 1.65. The van der Waals surface area contributed by atoms with Crippen LogP contribution in [0, 0.1) is 10.1 Å². The third-order valence-corrected chi connectivity index (χ3v) is 1.90. The summed E-state index contributed by atoms with van der Waals surface area (Å²) >= 11 is 0. The molecule has 0 aliphatic heterocycles. The lowest BCUT2D eigenvalue weighted by Crippen LogP contribution is -2.36. The molecule has 104 valence electrons. The molecule has 1 N–H and O–H groups in total. The Morgan fingerprint density at radius 3 is 2.37 bits per heavy atom. The maximum atomic E-state index is 11.8. The molecule has 0 saturated carbocycles. The van der Waals surface area contributed by atoms with Gasteiger partial charge in [0.15, 0.2) is 6.61 Å². The van der Waals surface area contributed by atoms with Crippen LogP contribution in [0.2, 0.25) is 0 Å². The number of carbonyl (C=O) groups excluding carboxylic acids is 1. The second kappa shape index (κ2) is 6.03. The zero-order valence-electron chi connectivity index (χ0n) is 9.44. The number of hydrogen-bond donors (Lipinski definition) is 1. The van der Waals surface area contributed by atoms with Crippen LogP contribution in [0.3, 0.4) is 0 Å². The molecule has 0 saturated heterocycles. The fourth-order valence-electron chi connectivity index (χ4n) is 1.06. The molecule has 0 unspecified atom stereocenters. The first kappa shape index (κ1) is 14.7. The second-order valence-corrected chi connectivity index (χ2v) is 3.43. The van der Waals surface area contributed by atoms with Gasteiger partial charge in [0.05, 0.1) is 4.92 Å². The van der Waals surface area contributed by atoms with Crippen LogP contribution in [-0.4, -0.2) is 30.2 Å².